The summed E-state index contributed by atoms with van der Waals surface area (Å²) in [5, 5.41) is 7.64. The summed E-state index contributed by atoms with van der Waals surface area (Å²) in [5.74, 6) is -2.31. The molecule has 0 spiro atoms. The van der Waals surface area contributed by atoms with Crippen molar-refractivity contribution in [2.24, 2.45) is 0 Å². The Morgan fingerprint density at radius 2 is 2.00 bits per heavy atom. The summed E-state index contributed by atoms with van der Waals surface area (Å²) in [6, 6.07) is 4.19. The fourth-order valence-corrected chi connectivity index (χ4v) is 3.06. The highest BCUT2D eigenvalue weighted by atomic mass is 32.2. The van der Waals surface area contributed by atoms with E-state index in [2.05, 4.69) is 0 Å². The number of hydrogen-bond acceptors (Lipinski definition) is 3. The molecule has 17 heavy (non-hydrogen) atoms. The minimum absolute atomic E-state index is 0.169. The van der Waals surface area contributed by atoms with E-state index in [1.54, 1.807) is 13.0 Å². The van der Waals surface area contributed by atoms with Gasteiger partial charge >= 0.3 is 0 Å². The Kier molecular flexibility index (Phi) is 4.18. The molecule has 0 saturated carbocycles. The Balaban J connectivity index is 3.21. The van der Waals surface area contributed by atoms with Crippen molar-refractivity contribution in [3.63, 3.8) is 0 Å². The summed E-state index contributed by atoms with van der Waals surface area (Å²) < 4.78 is 49.6. The normalized spacial score (nSPS) is 13.1. The standard InChI is InChI=1S/C11H11F2NO2S/c1-2-8(5-6-14)17(15,16)9-3-4-10(12)11(13)7-9/h3-4,7-8H,2,5H2,1H3. The number of hydrogen-bond donors (Lipinski definition) is 0. The Labute approximate surface area is 98.6 Å². The van der Waals surface area contributed by atoms with Crippen molar-refractivity contribution in [3.05, 3.63) is 29.8 Å². The molecular formula is C11H11F2NO2S. The zero-order chi connectivity index (χ0) is 13.1. The molecule has 1 aromatic rings. The maximum absolute atomic E-state index is 13.0. The van der Waals surface area contributed by atoms with Crippen LogP contribution < -0.4 is 0 Å². The number of nitriles is 1. The quantitative estimate of drug-likeness (QED) is 0.780. The van der Waals surface area contributed by atoms with Gasteiger partial charge in [-0.1, -0.05) is 6.92 Å². The smallest absolute Gasteiger partial charge is 0.182 e. The molecule has 1 atom stereocenters. The molecule has 0 saturated heterocycles. The van der Waals surface area contributed by atoms with E-state index in [1.807, 2.05) is 0 Å². The van der Waals surface area contributed by atoms with Crippen LogP contribution >= 0.6 is 0 Å². The molecule has 0 fully saturated rings. The van der Waals surface area contributed by atoms with Crippen LogP contribution in [0.4, 0.5) is 8.78 Å². The molecule has 0 aromatic heterocycles. The molecule has 1 aromatic carbocycles. The van der Waals surface area contributed by atoms with Crippen molar-refractivity contribution in [1.82, 2.24) is 0 Å². The van der Waals surface area contributed by atoms with Gasteiger partial charge < -0.3 is 0 Å². The number of halogens is 2. The molecule has 0 N–H and O–H groups in total. The molecule has 0 aliphatic heterocycles. The van der Waals surface area contributed by atoms with E-state index in [4.69, 9.17) is 5.26 Å². The first-order valence-electron chi connectivity index (χ1n) is 4.99. The molecule has 0 aliphatic rings. The second kappa shape index (κ2) is 5.23. The van der Waals surface area contributed by atoms with Crippen LogP contribution in [0.3, 0.4) is 0 Å². The van der Waals surface area contributed by atoms with Gasteiger partial charge in [0.2, 0.25) is 0 Å². The molecule has 0 amide bonds. The van der Waals surface area contributed by atoms with Crippen LogP contribution in [-0.4, -0.2) is 13.7 Å². The third-order valence-corrected chi connectivity index (χ3v) is 4.72. The molecule has 0 heterocycles. The highest BCUT2D eigenvalue weighted by Crippen LogP contribution is 2.22. The molecule has 6 heteroatoms. The van der Waals surface area contributed by atoms with Gasteiger partial charge in [0.05, 0.1) is 22.6 Å². The maximum Gasteiger partial charge on any atom is 0.182 e. The van der Waals surface area contributed by atoms with E-state index in [9.17, 15) is 17.2 Å². The Morgan fingerprint density at radius 1 is 1.35 bits per heavy atom. The Morgan fingerprint density at radius 3 is 2.47 bits per heavy atom. The van der Waals surface area contributed by atoms with E-state index in [0.29, 0.717) is 6.07 Å². The highest BCUT2D eigenvalue weighted by Gasteiger charge is 2.26. The van der Waals surface area contributed by atoms with Crippen LogP contribution in [0.25, 0.3) is 0 Å². The minimum Gasteiger partial charge on any atom is -0.223 e. The monoisotopic (exact) mass is 259 g/mol. The lowest BCUT2D eigenvalue weighted by Gasteiger charge is -2.12. The second-order valence-corrected chi connectivity index (χ2v) is 5.74. The second-order valence-electron chi connectivity index (χ2n) is 3.51. The van der Waals surface area contributed by atoms with Crippen molar-refractivity contribution >= 4 is 9.84 Å². The molecule has 3 nitrogen and oxygen atoms in total. The molecule has 0 aliphatic carbocycles. The van der Waals surface area contributed by atoms with E-state index in [-0.39, 0.29) is 17.7 Å². The largest absolute Gasteiger partial charge is 0.223 e. The summed E-state index contributed by atoms with van der Waals surface area (Å²) >= 11 is 0. The van der Waals surface area contributed by atoms with Crippen molar-refractivity contribution in [2.45, 2.75) is 29.9 Å². The average Bonchev–Trinajstić information content (AvgIpc) is 2.29. The summed E-state index contributed by atoms with van der Waals surface area (Å²) in [7, 11) is -3.78. The summed E-state index contributed by atoms with van der Waals surface area (Å²) in [5.41, 5.74) is 0. The predicted octanol–water partition coefficient (Wildman–Crippen LogP) is 2.43. The molecular weight excluding hydrogens is 248 g/mol. The summed E-state index contributed by atoms with van der Waals surface area (Å²) in [6.45, 7) is 1.62. The molecule has 0 radical (unpaired) electrons. The van der Waals surface area contributed by atoms with Crippen molar-refractivity contribution in [3.8, 4) is 6.07 Å². The zero-order valence-corrected chi connectivity index (χ0v) is 9.97. The first-order chi connectivity index (χ1) is 7.93. The number of nitrogens with zero attached hydrogens (tertiary/aromatic N) is 1. The SMILES string of the molecule is CCC(CC#N)S(=O)(=O)c1ccc(F)c(F)c1. The van der Waals surface area contributed by atoms with Gasteiger partial charge in [-0.15, -0.1) is 0 Å². The van der Waals surface area contributed by atoms with Crippen molar-refractivity contribution in [2.75, 3.05) is 0 Å². The van der Waals surface area contributed by atoms with Gasteiger partial charge in [-0.3, -0.25) is 0 Å². The number of benzene rings is 1. The topological polar surface area (TPSA) is 57.9 Å². The first kappa shape index (κ1) is 13.6. The average molecular weight is 259 g/mol. The van der Waals surface area contributed by atoms with Gasteiger partial charge in [0.25, 0.3) is 0 Å². The van der Waals surface area contributed by atoms with Gasteiger partial charge in [-0.05, 0) is 24.6 Å². The Hall–Kier alpha value is -1.48. The molecule has 92 valence electrons. The lowest BCUT2D eigenvalue weighted by atomic mass is 10.3. The summed E-state index contributed by atoms with van der Waals surface area (Å²) in [6.07, 6.45) is 0.0761. The van der Waals surface area contributed by atoms with Crippen LogP contribution in [-0.2, 0) is 9.84 Å². The number of sulfone groups is 1. The van der Waals surface area contributed by atoms with E-state index in [0.717, 1.165) is 12.1 Å². The molecule has 1 unspecified atom stereocenters. The third kappa shape index (κ3) is 2.80. The van der Waals surface area contributed by atoms with E-state index < -0.39 is 26.7 Å². The lowest BCUT2D eigenvalue weighted by Crippen LogP contribution is -2.20. The van der Waals surface area contributed by atoms with Gasteiger partial charge in [0.15, 0.2) is 21.5 Å². The highest BCUT2D eigenvalue weighted by molar-refractivity contribution is 7.92. The summed E-state index contributed by atoms with van der Waals surface area (Å²) in [4.78, 5) is -0.293. The number of rotatable bonds is 4. The third-order valence-electron chi connectivity index (χ3n) is 2.43. The van der Waals surface area contributed by atoms with Crippen LogP contribution in [0.2, 0.25) is 0 Å². The van der Waals surface area contributed by atoms with E-state index >= 15 is 0 Å². The van der Waals surface area contributed by atoms with Gasteiger partial charge in [-0.25, -0.2) is 17.2 Å². The van der Waals surface area contributed by atoms with Crippen molar-refractivity contribution < 1.29 is 17.2 Å². The van der Waals surface area contributed by atoms with Gasteiger partial charge in [-0.2, -0.15) is 5.26 Å². The molecule has 1 rings (SSSR count). The van der Waals surface area contributed by atoms with Crippen LogP contribution in [0.5, 0.6) is 0 Å². The fourth-order valence-electron chi connectivity index (χ4n) is 1.42. The van der Waals surface area contributed by atoms with Crippen LogP contribution in [0, 0.1) is 23.0 Å². The maximum atomic E-state index is 13.0. The zero-order valence-electron chi connectivity index (χ0n) is 9.15. The van der Waals surface area contributed by atoms with Gasteiger partial charge in [0, 0.05) is 0 Å². The fraction of sp³-hybridized carbons (Fsp3) is 0.364. The lowest BCUT2D eigenvalue weighted by molar-refractivity contribution is 0.504. The van der Waals surface area contributed by atoms with Crippen LogP contribution in [0.1, 0.15) is 19.8 Å². The first-order valence-corrected chi connectivity index (χ1v) is 6.54. The van der Waals surface area contributed by atoms with Gasteiger partial charge in [0.1, 0.15) is 0 Å². The van der Waals surface area contributed by atoms with Crippen molar-refractivity contribution in [1.29, 1.82) is 5.26 Å². The minimum atomic E-state index is -3.78. The molecule has 0 bridgehead atoms. The van der Waals surface area contributed by atoms with E-state index in [1.165, 1.54) is 0 Å². The van der Waals surface area contributed by atoms with Crippen LogP contribution in [0.15, 0.2) is 23.1 Å². The Bertz CT molecular complexity index is 549. The predicted molar refractivity (Wildman–Crippen MR) is 57.9 cm³/mol.